The van der Waals surface area contributed by atoms with Crippen molar-refractivity contribution in [1.29, 1.82) is 0 Å². The van der Waals surface area contributed by atoms with Gasteiger partial charge in [-0.1, -0.05) is 33.6 Å². The molecule has 1 saturated carbocycles. The van der Waals surface area contributed by atoms with Crippen LogP contribution in [-0.2, 0) is 9.59 Å². The molecule has 0 radical (unpaired) electrons. The van der Waals surface area contributed by atoms with Gasteiger partial charge in [-0.15, -0.1) is 0 Å². The zero-order valence-electron chi connectivity index (χ0n) is 18.8. The average Bonchev–Trinajstić information content (AvgIpc) is 2.76. The van der Waals surface area contributed by atoms with Gasteiger partial charge in [0.15, 0.2) is 0 Å². The van der Waals surface area contributed by atoms with Crippen molar-refractivity contribution < 1.29 is 9.59 Å². The van der Waals surface area contributed by atoms with Gasteiger partial charge in [0.1, 0.15) is 0 Å². The minimum absolute atomic E-state index is 0.128. The van der Waals surface area contributed by atoms with Gasteiger partial charge in [0.2, 0.25) is 11.8 Å². The van der Waals surface area contributed by atoms with Crippen molar-refractivity contribution in [2.24, 2.45) is 17.8 Å². The van der Waals surface area contributed by atoms with Crippen LogP contribution >= 0.6 is 0 Å². The predicted octanol–water partition coefficient (Wildman–Crippen LogP) is 3.63. The van der Waals surface area contributed by atoms with E-state index in [0.717, 1.165) is 70.9 Å². The van der Waals surface area contributed by atoms with E-state index in [4.69, 9.17) is 0 Å². The molecule has 2 saturated heterocycles. The van der Waals surface area contributed by atoms with E-state index in [9.17, 15) is 9.59 Å². The highest BCUT2D eigenvalue weighted by atomic mass is 16.2. The minimum atomic E-state index is 0.128. The fourth-order valence-electron chi connectivity index (χ4n) is 5.00. The first-order valence-electron chi connectivity index (χ1n) is 11.8. The van der Waals surface area contributed by atoms with Crippen LogP contribution in [0.15, 0.2) is 0 Å². The standard InChI is InChI=1S/C21H37N3O2.C2H6/c1-3-4-17-5-7-18(8-6-17)20(25)23-11-9-19(10-12-23)21(26)24-15-13-22(2)14-16-24;1-2/h17-19H,3-16H2,1-2H3;1-2H3. The Labute approximate surface area is 172 Å². The normalized spacial score (nSPS) is 27.1. The molecule has 0 aromatic carbocycles. The largest absolute Gasteiger partial charge is 0.342 e. The molecule has 0 spiro atoms. The van der Waals surface area contributed by atoms with E-state index in [1.807, 2.05) is 18.7 Å². The number of rotatable bonds is 4. The topological polar surface area (TPSA) is 43.9 Å². The van der Waals surface area contributed by atoms with Gasteiger partial charge >= 0.3 is 0 Å². The summed E-state index contributed by atoms with van der Waals surface area (Å²) in [4.78, 5) is 32.0. The van der Waals surface area contributed by atoms with Crippen molar-refractivity contribution in [2.75, 3.05) is 46.3 Å². The molecular formula is C23H43N3O2. The Morgan fingerprint density at radius 2 is 1.18 bits per heavy atom. The van der Waals surface area contributed by atoms with E-state index >= 15 is 0 Å². The molecule has 0 unspecified atom stereocenters. The van der Waals surface area contributed by atoms with Crippen LogP contribution in [0.4, 0.5) is 0 Å². The number of likely N-dealkylation sites (N-methyl/N-ethyl adjacent to an activating group) is 1. The van der Waals surface area contributed by atoms with Crippen LogP contribution in [0.3, 0.4) is 0 Å². The van der Waals surface area contributed by atoms with Crippen LogP contribution < -0.4 is 0 Å². The van der Waals surface area contributed by atoms with Crippen LogP contribution in [-0.4, -0.2) is 72.8 Å². The van der Waals surface area contributed by atoms with Crippen molar-refractivity contribution >= 4 is 11.8 Å². The second-order valence-electron chi connectivity index (χ2n) is 8.73. The number of piperazine rings is 1. The minimum Gasteiger partial charge on any atom is -0.342 e. The number of carbonyl (C=O) groups excluding carboxylic acids is 2. The highest BCUT2D eigenvalue weighted by Gasteiger charge is 2.34. The maximum atomic E-state index is 12.9. The van der Waals surface area contributed by atoms with Crippen molar-refractivity contribution in [1.82, 2.24) is 14.7 Å². The molecule has 3 fully saturated rings. The Bertz CT molecular complexity index is 472. The second kappa shape index (κ2) is 11.8. The Hall–Kier alpha value is -1.10. The summed E-state index contributed by atoms with van der Waals surface area (Å²) in [5.74, 6) is 1.91. The van der Waals surface area contributed by atoms with Gasteiger partial charge in [0, 0.05) is 51.1 Å². The van der Waals surface area contributed by atoms with E-state index in [1.54, 1.807) is 0 Å². The Balaban J connectivity index is 0.00000136. The zero-order valence-corrected chi connectivity index (χ0v) is 18.8. The highest BCUT2D eigenvalue weighted by Crippen LogP contribution is 2.33. The molecule has 0 N–H and O–H groups in total. The molecule has 0 atom stereocenters. The lowest BCUT2D eigenvalue weighted by atomic mass is 9.79. The summed E-state index contributed by atoms with van der Waals surface area (Å²) in [6.45, 7) is 11.5. The Morgan fingerprint density at radius 1 is 0.714 bits per heavy atom. The first-order chi connectivity index (χ1) is 13.6. The highest BCUT2D eigenvalue weighted by molar-refractivity contribution is 5.81. The molecule has 28 heavy (non-hydrogen) atoms. The summed E-state index contributed by atoms with van der Waals surface area (Å²) in [5, 5.41) is 0. The second-order valence-corrected chi connectivity index (χ2v) is 8.73. The molecule has 2 heterocycles. The molecular weight excluding hydrogens is 350 g/mol. The van der Waals surface area contributed by atoms with Crippen LogP contribution in [0, 0.1) is 17.8 Å². The van der Waals surface area contributed by atoms with Crippen molar-refractivity contribution in [2.45, 2.75) is 72.1 Å². The quantitative estimate of drug-likeness (QED) is 0.732. The average molecular weight is 394 g/mol. The predicted molar refractivity (Wildman–Crippen MR) is 115 cm³/mol. The molecule has 1 aliphatic carbocycles. The van der Waals surface area contributed by atoms with Gasteiger partial charge in [0.25, 0.3) is 0 Å². The Morgan fingerprint density at radius 3 is 1.68 bits per heavy atom. The third-order valence-corrected chi connectivity index (χ3v) is 6.86. The van der Waals surface area contributed by atoms with Crippen LogP contribution in [0.2, 0.25) is 0 Å². The van der Waals surface area contributed by atoms with Gasteiger partial charge in [-0.25, -0.2) is 0 Å². The lowest BCUT2D eigenvalue weighted by molar-refractivity contribution is -0.144. The summed E-state index contributed by atoms with van der Waals surface area (Å²) < 4.78 is 0. The van der Waals surface area contributed by atoms with Gasteiger partial charge < -0.3 is 14.7 Å². The summed E-state index contributed by atoms with van der Waals surface area (Å²) in [6.07, 6.45) is 8.88. The lowest BCUT2D eigenvalue weighted by Gasteiger charge is -2.39. The van der Waals surface area contributed by atoms with E-state index in [-0.39, 0.29) is 11.8 Å². The number of carbonyl (C=O) groups is 2. The summed E-state index contributed by atoms with van der Waals surface area (Å²) in [5.41, 5.74) is 0. The number of likely N-dealkylation sites (tertiary alicyclic amines) is 1. The van der Waals surface area contributed by atoms with Gasteiger partial charge in [-0.3, -0.25) is 9.59 Å². The summed E-state index contributed by atoms with van der Waals surface area (Å²) in [7, 11) is 2.11. The molecule has 3 aliphatic rings. The number of nitrogens with zero attached hydrogens (tertiary/aromatic N) is 3. The lowest BCUT2D eigenvalue weighted by Crippen LogP contribution is -2.51. The first kappa shape index (κ1) is 23.2. The smallest absolute Gasteiger partial charge is 0.225 e. The van der Waals surface area contributed by atoms with E-state index in [0.29, 0.717) is 11.8 Å². The molecule has 2 amide bonds. The molecule has 5 nitrogen and oxygen atoms in total. The van der Waals surface area contributed by atoms with Crippen LogP contribution in [0.25, 0.3) is 0 Å². The first-order valence-corrected chi connectivity index (χ1v) is 11.8. The zero-order chi connectivity index (χ0) is 20.5. The summed E-state index contributed by atoms with van der Waals surface area (Å²) in [6, 6.07) is 0. The van der Waals surface area contributed by atoms with Gasteiger partial charge in [-0.2, -0.15) is 0 Å². The van der Waals surface area contributed by atoms with Gasteiger partial charge in [-0.05, 0) is 51.5 Å². The number of hydrogen-bond acceptors (Lipinski definition) is 3. The van der Waals surface area contributed by atoms with Crippen molar-refractivity contribution in [3.05, 3.63) is 0 Å². The third-order valence-electron chi connectivity index (χ3n) is 6.86. The van der Waals surface area contributed by atoms with E-state index in [1.165, 1.54) is 25.7 Å². The molecule has 3 rings (SSSR count). The maximum absolute atomic E-state index is 12.9. The molecule has 0 bridgehead atoms. The fourth-order valence-corrected chi connectivity index (χ4v) is 5.00. The molecule has 162 valence electrons. The fraction of sp³-hybridized carbons (Fsp3) is 0.913. The summed E-state index contributed by atoms with van der Waals surface area (Å²) >= 11 is 0. The molecule has 0 aromatic heterocycles. The van der Waals surface area contributed by atoms with Crippen molar-refractivity contribution in [3.63, 3.8) is 0 Å². The monoisotopic (exact) mass is 393 g/mol. The molecule has 2 aliphatic heterocycles. The Kier molecular flexibility index (Phi) is 9.76. The SMILES string of the molecule is CC.CCCC1CCC(C(=O)N2CCC(C(=O)N3CCN(C)CC3)CC2)CC1. The van der Waals surface area contributed by atoms with E-state index in [2.05, 4.69) is 23.8 Å². The van der Waals surface area contributed by atoms with Gasteiger partial charge in [0.05, 0.1) is 0 Å². The molecule has 0 aromatic rings. The van der Waals surface area contributed by atoms with Crippen molar-refractivity contribution in [3.8, 4) is 0 Å². The number of piperidine rings is 1. The van der Waals surface area contributed by atoms with Crippen LogP contribution in [0.5, 0.6) is 0 Å². The van der Waals surface area contributed by atoms with Crippen LogP contribution in [0.1, 0.15) is 72.1 Å². The molecule has 5 heteroatoms. The number of hydrogen-bond donors (Lipinski definition) is 0. The maximum Gasteiger partial charge on any atom is 0.225 e. The number of amides is 2. The third kappa shape index (κ3) is 6.20. The van der Waals surface area contributed by atoms with E-state index < -0.39 is 0 Å².